The number of amides is 3. The van der Waals surface area contributed by atoms with Gasteiger partial charge in [-0.3, -0.25) is 4.79 Å². The lowest BCUT2D eigenvalue weighted by Crippen LogP contribution is -2.49. The quantitative estimate of drug-likeness (QED) is 0.920. The monoisotopic (exact) mass is 332 g/mol. The fraction of sp³-hybridized carbons (Fsp3) is 0.471. The molecule has 1 aliphatic rings. The molecule has 0 radical (unpaired) electrons. The van der Waals surface area contributed by atoms with Gasteiger partial charge in [0, 0.05) is 25.3 Å². The number of hydrogen-bond acceptors (Lipinski definition) is 3. The van der Waals surface area contributed by atoms with Gasteiger partial charge in [-0.25, -0.2) is 9.18 Å². The second-order valence-electron chi connectivity index (χ2n) is 5.60. The van der Waals surface area contributed by atoms with E-state index in [1.54, 1.807) is 11.0 Å². The summed E-state index contributed by atoms with van der Waals surface area (Å²) in [6.07, 6.45) is 1.40. The van der Waals surface area contributed by atoms with Crippen LogP contribution in [0.25, 0.3) is 0 Å². The van der Waals surface area contributed by atoms with E-state index in [-0.39, 0.29) is 11.5 Å². The predicted octanol–water partition coefficient (Wildman–Crippen LogP) is 2.56. The van der Waals surface area contributed by atoms with Crippen LogP contribution in [0.4, 0.5) is 14.9 Å². The summed E-state index contributed by atoms with van der Waals surface area (Å²) in [4.78, 5) is 28.2. The van der Waals surface area contributed by atoms with Gasteiger partial charge in [0.15, 0.2) is 0 Å². The number of nitriles is 1. The molecule has 2 rings (SSSR count). The summed E-state index contributed by atoms with van der Waals surface area (Å²) in [7, 11) is 0. The van der Waals surface area contributed by atoms with Crippen LogP contribution in [0.5, 0.6) is 0 Å². The van der Waals surface area contributed by atoms with Crippen molar-refractivity contribution in [1.82, 2.24) is 9.80 Å². The first-order valence-electron chi connectivity index (χ1n) is 8.07. The Morgan fingerprint density at radius 3 is 2.75 bits per heavy atom. The Morgan fingerprint density at radius 2 is 2.12 bits per heavy atom. The molecule has 24 heavy (non-hydrogen) atoms. The third-order valence-electron chi connectivity index (χ3n) is 4.21. The van der Waals surface area contributed by atoms with Gasteiger partial charge in [-0.1, -0.05) is 0 Å². The number of hydrogen-bond donors (Lipinski definition) is 1. The van der Waals surface area contributed by atoms with Gasteiger partial charge in [0.2, 0.25) is 5.91 Å². The average Bonchev–Trinajstić information content (AvgIpc) is 3.07. The maximum Gasteiger partial charge on any atom is 0.322 e. The van der Waals surface area contributed by atoms with Crippen molar-refractivity contribution >= 4 is 17.6 Å². The Balaban J connectivity index is 2.11. The topological polar surface area (TPSA) is 76.4 Å². The van der Waals surface area contributed by atoms with Crippen molar-refractivity contribution in [2.24, 2.45) is 0 Å². The van der Waals surface area contributed by atoms with E-state index >= 15 is 0 Å². The number of anilines is 1. The van der Waals surface area contributed by atoms with Crippen LogP contribution in [0.3, 0.4) is 0 Å². The molecule has 1 fully saturated rings. The summed E-state index contributed by atoms with van der Waals surface area (Å²) in [5.74, 6) is -0.685. The Morgan fingerprint density at radius 1 is 1.42 bits per heavy atom. The van der Waals surface area contributed by atoms with Crippen molar-refractivity contribution in [1.29, 1.82) is 5.26 Å². The van der Waals surface area contributed by atoms with Crippen LogP contribution in [0.2, 0.25) is 0 Å². The van der Waals surface area contributed by atoms with Crippen LogP contribution in [-0.2, 0) is 4.79 Å². The number of benzene rings is 1. The summed E-state index contributed by atoms with van der Waals surface area (Å²) < 4.78 is 13.3. The molecule has 1 N–H and O–H groups in total. The van der Waals surface area contributed by atoms with Crippen LogP contribution in [0, 0.1) is 17.1 Å². The SMILES string of the molecule is CCN(CC)C(=O)[C@@H]1CCCN1C(=O)Nc1ccc(F)c(C#N)c1. The van der Waals surface area contributed by atoms with Crippen molar-refractivity contribution in [3.8, 4) is 6.07 Å². The van der Waals surface area contributed by atoms with Crippen LogP contribution in [-0.4, -0.2) is 47.4 Å². The van der Waals surface area contributed by atoms with Gasteiger partial charge in [0.1, 0.15) is 17.9 Å². The number of rotatable bonds is 4. The number of likely N-dealkylation sites (N-methyl/N-ethyl adjacent to an activating group) is 1. The number of likely N-dealkylation sites (tertiary alicyclic amines) is 1. The molecule has 1 aromatic rings. The predicted molar refractivity (Wildman–Crippen MR) is 87.8 cm³/mol. The summed E-state index contributed by atoms with van der Waals surface area (Å²) in [5, 5.41) is 11.5. The zero-order valence-electron chi connectivity index (χ0n) is 13.9. The number of urea groups is 1. The third-order valence-corrected chi connectivity index (χ3v) is 4.21. The van der Waals surface area contributed by atoms with Crippen molar-refractivity contribution in [3.05, 3.63) is 29.6 Å². The number of nitrogens with zero attached hydrogens (tertiary/aromatic N) is 3. The van der Waals surface area contributed by atoms with E-state index in [9.17, 15) is 14.0 Å². The van der Waals surface area contributed by atoms with E-state index in [4.69, 9.17) is 5.26 Å². The van der Waals surface area contributed by atoms with Crippen LogP contribution in [0.15, 0.2) is 18.2 Å². The molecule has 0 unspecified atom stereocenters. The molecular formula is C17H21FN4O2. The number of halogens is 1. The summed E-state index contributed by atoms with van der Waals surface area (Å²) in [6, 6.07) is 4.67. The summed E-state index contributed by atoms with van der Waals surface area (Å²) in [6.45, 7) is 5.51. The molecule has 0 bridgehead atoms. The van der Waals surface area contributed by atoms with E-state index in [0.29, 0.717) is 31.7 Å². The van der Waals surface area contributed by atoms with Crippen LogP contribution < -0.4 is 5.32 Å². The second kappa shape index (κ2) is 7.77. The van der Waals surface area contributed by atoms with E-state index in [2.05, 4.69) is 5.32 Å². The molecule has 0 saturated carbocycles. The van der Waals surface area contributed by atoms with Crippen molar-refractivity contribution in [2.45, 2.75) is 32.7 Å². The number of nitrogens with one attached hydrogen (secondary N) is 1. The van der Waals surface area contributed by atoms with Gasteiger partial charge in [-0.05, 0) is 44.9 Å². The maximum absolute atomic E-state index is 13.3. The lowest BCUT2D eigenvalue weighted by molar-refractivity contribution is -0.134. The average molecular weight is 332 g/mol. The first kappa shape index (κ1) is 17.7. The van der Waals surface area contributed by atoms with E-state index < -0.39 is 17.9 Å². The molecule has 0 spiro atoms. The lowest BCUT2D eigenvalue weighted by atomic mass is 10.2. The highest BCUT2D eigenvalue weighted by Crippen LogP contribution is 2.21. The molecule has 3 amide bonds. The van der Waals surface area contributed by atoms with Gasteiger partial charge < -0.3 is 15.1 Å². The van der Waals surface area contributed by atoms with Crippen LogP contribution in [0.1, 0.15) is 32.3 Å². The first-order chi connectivity index (χ1) is 11.5. The molecule has 128 valence electrons. The first-order valence-corrected chi connectivity index (χ1v) is 8.07. The minimum atomic E-state index is -0.633. The largest absolute Gasteiger partial charge is 0.341 e. The van der Waals surface area contributed by atoms with Gasteiger partial charge in [-0.2, -0.15) is 5.26 Å². The molecule has 0 aromatic heterocycles. The van der Waals surface area contributed by atoms with Gasteiger partial charge in [0.05, 0.1) is 5.56 Å². The highest BCUT2D eigenvalue weighted by Gasteiger charge is 2.35. The second-order valence-corrected chi connectivity index (χ2v) is 5.60. The van der Waals surface area contributed by atoms with E-state index in [1.807, 2.05) is 13.8 Å². The molecule has 0 aliphatic carbocycles. The Kier molecular flexibility index (Phi) is 5.74. The summed E-state index contributed by atoms with van der Waals surface area (Å²) >= 11 is 0. The minimum absolute atomic E-state index is 0.0514. The summed E-state index contributed by atoms with van der Waals surface area (Å²) in [5.41, 5.74) is 0.198. The maximum atomic E-state index is 13.3. The van der Waals surface area contributed by atoms with Crippen molar-refractivity contribution in [2.75, 3.05) is 25.0 Å². The Labute approximate surface area is 140 Å². The molecule has 1 aromatic carbocycles. The Bertz CT molecular complexity index is 667. The molecule has 1 heterocycles. The van der Waals surface area contributed by atoms with Gasteiger partial charge >= 0.3 is 6.03 Å². The zero-order chi connectivity index (χ0) is 17.7. The van der Waals surface area contributed by atoms with Gasteiger partial charge in [0.25, 0.3) is 0 Å². The molecule has 6 nitrogen and oxygen atoms in total. The minimum Gasteiger partial charge on any atom is -0.341 e. The van der Waals surface area contributed by atoms with Gasteiger partial charge in [-0.15, -0.1) is 0 Å². The van der Waals surface area contributed by atoms with Crippen molar-refractivity contribution in [3.63, 3.8) is 0 Å². The van der Waals surface area contributed by atoms with E-state index in [1.165, 1.54) is 17.0 Å². The molecule has 7 heteroatoms. The van der Waals surface area contributed by atoms with Crippen molar-refractivity contribution < 1.29 is 14.0 Å². The van der Waals surface area contributed by atoms with Crippen LogP contribution >= 0.6 is 0 Å². The normalized spacial score (nSPS) is 16.6. The Hall–Kier alpha value is -2.62. The molecule has 1 atom stereocenters. The standard InChI is InChI=1S/C17H21FN4O2/c1-3-21(4-2)16(23)15-6-5-9-22(15)17(24)20-13-7-8-14(18)12(10-13)11-19/h7-8,10,15H,3-6,9H2,1-2H3,(H,20,24)/t15-/m0/s1. The highest BCUT2D eigenvalue weighted by molar-refractivity contribution is 5.94. The number of carbonyl (C=O) groups excluding carboxylic acids is 2. The molecule has 1 saturated heterocycles. The molecule has 1 aliphatic heterocycles. The smallest absolute Gasteiger partial charge is 0.322 e. The third kappa shape index (κ3) is 3.65. The lowest BCUT2D eigenvalue weighted by Gasteiger charge is -2.29. The number of carbonyl (C=O) groups is 2. The highest BCUT2D eigenvalue weighted by atomic mass is 19.1. The fourth-order valence-electron chi connectivity index (χ4n) is 2.90. The zero-order valence-corrected chi connectivity index (χ0v) is 13.9. The van der Waals surface area contributed by atoms with E-state index in [0.717, 1.165) is 12.5 Å². The molecular weight excluding hydrogens is 311 g/mol. The fourth-order valence-corrected chi connectivity index (χ4v) is 2.90.